The molecule has 0 aromatic carbocycles. The minimum atomic E-state index is -4.52. The summed E-state index contributed by atoms with van der Waals surface area (Å²) in [4.78, 5) is 33.3. The highest BCUT2D eigenvalue weighted by Gasteiger charge is 2.32. The number of pyridine rings is 2. The van der Waals surface area contributed by atoms with Crippen molar-refractivity contribution >= 4 is 35.1 Å². The molecule has 1 fully saturated rings. The van der Waals surface area contributed by atoms with Gasteiger partial charge >= 0.3 is 6.18 Å². The Morgan fingerprint density at radius 1 is 1.27 bits per heavy atom. The van der Waals surface area contributed by atoms with Crippen molar-refractivity contribution in [3.63, 3.8) is 0 Å². The normalized spacial score (nSPS) is 16.8. The first-order chi connectivity index (χ1) is 14.1. The Hall–Kier alpha value is -2.88. The number of hydrogen-bond donors (Lipinski definition) is 2. The number of amides is 2. The van der Waals surface area contributed by atoms with Gasteiger partial charge in [0.1, 0.15) is 11.6 Å². The maximum atomic E-state index is 12.8. The molecule has 0 aliphatic carbocycles. The van der Waals surface area contributed by atoms with Gasteiger partial charge in [-0.3, -0.25) is 9.59 Å². The van der Waals surface area contributed by atoms with Crippen molar-refractivity contribution < 1.29 is 22.8 Å². The lowest BCUT2D eigenvalue weighted by atomic mass is 10.0. The van der Waals surface area contributed by atoms with Crippen LogP contribution in [0, 0.1) is 0 Å². The maximum absolute atomic E-state index is 12.8. The highest BCUT2D eigenvalue weighted by Crippen LogP contribution is 2.34. The van der Waals surface area contributed by atoms with E-state index < -0.39 is 11.7 Å². The number of anilines is 2. The molecule has 1 atom stereocenters. The zero-order valence-corrected chi connectivity index (χ0v) is 16.7. The molecule has 30 heavy (non-hydrogen) atoms. The summed E-state index contributed by atoms with van der Waals surface area (Å²) in [5, 5.41) is 5.32. The predicted octanol–water partition coefficient (Wildman–Crippen LogP) is 3.51. The summed E-state index contributed by atoms with van der Waals surface area (Å²) in [7, 11) is 0. The Balaban J connectivity index is 1.68. The van der Waals surface area contributed by atoms with Gasteiger partial charge in [0, 0.05) is 44.0 Å². The molecule has 0 unspecified atom stereocenters. The van der Waals surface area contributed by atoms with E-state index in [1.54, 1.807) is 4.90 Å². The number of aromatic nitrogens is 2. The van der Waals surface area contributed by atoms with Crippen molar-refractivity contribution in [3.05, 3.63) is 46.7 Å². The van der Waals surface area contributed by atoms with Crippen LogP contribution in [0.15, 0.2) is 30.6 Å². The van der Waals surface area contributed by atoms with Gasteiger partial charge in [0.15, 0.2) is 0 Å². The van der Waals surface area contributed by atoms with Gasteiger partial charge in [-0.25, -0.2) is 9.97 Å². The first kappa shape index (κ1) is 21.8. The van der Waals surface area contributed by atoms with Crippen LogP contribution in [0.5, 0.6) is 0 Å². The molecule has 1 aliphatic rings. The summed E-state index contributed by atoms with van der Waals surface area (Å²) in [6.45, 7) is 2.26. The number of alkyl halides is 3. The van der Waals surface area contributed by atoms with Crippen LogP contribution in [0.4, 0.5) is 24.8 Å². The Labute approximate surface area is 175 Å². The van der Waals surface area contributed by atoms with E-state index in [1.165, 1.54) is 25.3 Å². The molecule has 0 bridgehead atoms. The second-order valence-corrected chi connectivity index (χ2v) is 7.30. The average molecular weight is 442 g/mol. The smallest absolute Gasteiger partial charge is 0.353 e. The summed E-state index contributed by atoms with van der Waals surface area (Å²) in [6, 6.07) is 3.59. The van der Waals surface area contributed by atoms with Crippen molar-refractivity contribution in [1.29, 1.82) is 0 Å². The minimum Gasteiger partial charge on any atom is -0.353 e. The number of nitrogens with zero attached hydrogens (tertiary/aromatic N) is 3. The number of piperidine rings is 1. The Kier molecular flexibility index (Phi) is 6.45. The van der Waals surface area contributed by atoms with Crippen molar-refractivity contribution in [1.82, 2.24) is 15.3 Å². The second kappa shape index (κ2) is 8.86. The summed E-state index contributed by atoms with van der Waals surface area (Å²) >= 11 is 6.04. The number of rotatable bonds is 4. The van der Waals surface area contributed by atoms with Gasteiger partial charge in [-0.15, -0.1) is 0 Å². The molecular weight excluding hydrogens is 423 g/mol. The Bertz CT molecular complexity index is 954. The van der Waals surface area contributed by atoms with Crippen molar-refractivity contribution in [2.24, 2.45) is 0 Å². The SMILES string of the molecule is CC(=O)Nc1cc(C(=O)N[C@@H]2CCCN(c3ncc(C(F)(F)F)cc3Cl)C2)ccn1. The van der Waals surface area contributed by atoms with Crippen molar-refractivity contribution in [3.8, 4) is 0 Å². The lowest BCUT2D eigenvalue weighted by Gasteiger charge is -2.34. The van der Waals surface area contributed by atoms with E-state index in [1.807, 2.05) is 0 Å². The van der Waals surface area contributed by atoms with Gasteiger partial charge < -0.3 is 15.5 Å². The van der Waals surface area contributed by atoms with Gasteiger partial charge in [-0.1, -0.05) is 11.6 Å². The van der Waals surface area contributed by atoms with Crippen LogP contribution in [0.2, 0.25) is 5.02 Å². The van der Waals surface area contributed by atoms with Crippen LogP contribution in [0.1, 0.15) is 35.7 Å². The van der Waals surface area contributed by atoms with E-state index in [0.717, 1.165) is 12.3 Å². The van der Waals surface area contributed by atoms with Crippen LogP contribution < -0.4 is 15.5 Å². The molecular formula is C19H19ClF3N5O2. The minimum absolute atomic E-state index is 0.0918. The van der Waals surface area contributed by atoms with Crippen LogP contribution in [-0.4, -0.2) is 40.9 Å². The third-order valence-electron chi connectivity index (χ3n) is 4.53. The third-order valence-corrected chi connectivity index (χ3v) is 4.81. The number of carbonyl (C=O) groups excluding carboxylic acids is 2. The van der Waals surface area contributed by atoms with E-state index in [-0.39, 0.29) is 34.5 Å². The van der Waals surface area contributed by atoms with E-state index >= 15 is 0 Å². The molecule has 3 heterocycles. The monoisotopic (exact) mass is 441 g/mol. The maximum Gasteiger partial charge on any atom is 0.417 e. The molecule has 11 heteroatoms. The molecule has 0 radical (unpaired) electrons. The summed E-state index contributed by atoms with van der Waals surface area (Å²) in [5.74, 6) is -0.132. The third kappa shape index (κ3) is 5.38. The quantitative estimate of drug-likeness (QED) is 0.758. The van der Waals surface area contributed by atoms with Gasteiger partial charge in [0.25, 0.3) is 5.91 Å². The molecule has 2 aromatic rings. The molecule has 2 N–H and O–H groups in total. The lowest BCUT2D eigenvalue weighted by Crippen LogP contribution is -2.48. The number of hydrogen-bond acceptors (Lipinski definition) is 5. The molecule has 2 amide bonds. The number of nitrogens with one attached hydrogen (secondary N) is 2. The van der Waals surface area contributed by atoms with Gasteiger partial charge in [0.05, 0.1) is 10.6 Å². The lowest BCUT2D eigenvalue weighted by molar-refractivity contribution is -0.137. The zero-order valence-electron chi connectivity index (χ0n) is 16.0. The summed E-state index contributed by atoms with van der Waals surface area (Å²) < 4.78 is 38.5. The van der Waals surface area contributed by atoms with Gasteiger partial charge in [-0.05, 0) is 31.0 Å². The molecule has 1 saturated heterocycles. The topological polar surface area (TPSA) is 87.2 Å². The molecule has 1 aliphatic heterocycles. The Morgan fingerprint density at radius 3 is 2.70 bits per heavy atom. The van der Waals surface area contributed by atoms with E-state index in [9.17, 15) is 22.8 Å². The van der Waals surface area contributed by atoms with E-state index in [0.29, 0.717) is 31.5 Å². The predicted molar refractivity (Wildman–Crippen MR) is 105 cm³/mol. The fraction of sp³-hybridized carbons (Fsp3) is 0.368. The highest BCUT2D eigenvalue weighted by molar-refractivity contribution is 6.33. The van der Waals surface area contributed by atoms with Crippen LogP contribution >= 0.6 is 11.6 Å². The van der Waals surface area contributed by atoms with E-state index in [4.69, 9.17) is 11.6 Å². The molecule has 0 spiro atoms. The molecule has 160 valence electrons. The van der Waals surface area contributed by atoms with Crippen molar-refractivity contribution in [2.45, 2.75) is 32.0 Å². The van der Waals surface area contributed by atoms with Crippen LogP contribution in [0.3, 0.4) is 0 Å². The van der Waals surface area contributed by atoms with E-state index in [2.05, 4.69) is 20.6 Å². The molecule has 3 rings (SSSR count). The fourth-order valence-electron chi connectivity index (χ4n) is 3.19. The van der Waals surface area contributed by atoms with Gasteiger partial charge in [-0.2, -0.15) is 13.2 Å². The molecule has 2 aromatic heterocycles. The average Bonchev–Trinajstić information content (AvgIpc) is 2.67. The fourth-order valence-corrected chi connectivity index (χ4v) is 3.48. The van der Waals surface area contributed by atoms with Crippen molar-refractivity contribution in [2.75, 3.05) is 23.3 Å². The number of carbonyl (C=O) groups is 2. The number of halogens is 4. The second-order valence-electron chi connectivity index (χ2n) is 6.90. The van der Waals surface area contributed by atoms with Crippen LogP contribution in [0.25, 0.3) is 0 Å². The highest BCUT2D eigenvalue weighted by atomic mass is 35.5. The summed E-state index contributed by atoms with van der Waals surface area (Å²) in [6.07, 6.45) is -0.945. The largest absolute Gasteiger partial charge is 0.417 e. The molecule has 7 nitrogen and oxygen atoms in total. The van der Waals surface area contributed by atoms with Crippen LogP contribution in [-0.2, 0) is 11.0 Å². The standard InChI is InChI=1S/C19H19ClF3N5O2/c1-11(29)26-16-7-12(4-5-24-16)18(30)27-14-3-2-6-28(10-14)17-15(20)8-13(9-25-17)19(21,22)23/h4-5,7-9,14H,2-3,6,10H2,1H3,(H,27,30)(H,24,26,29)/t14-/m1/s1. The van der Waals surface area contributed by atoms with Gasteiger partial charge in [0.2, 0.25) is 5.91 Å². The first-order valence-corrected chi connectivity index (χ1v) is 9.53. The summed E-state index contributed by atoms with van der Waals surface area (Å²) in [5.41, 5.74) is -0.581. The zero-order chi connectivity index (χ0) is 21.9. The molecule has 0 saturated carbocycles. The first-order valence-electron chi connectivity index (χ1n) is 9.15. The Morgan fingerprint density at radius 2 is 2.03 bits per heavy atom.